The van der Waals surface area contributed by atoms with E-state index in [9.17, 15) is 9.59 Å². The smallest absolute Gasteiger partial charge is 0.350 e. The van der Waals surface area contributed by atoms with E-state index in [0.29, 0.717) is 27.3 Å². The van der Waals surface area contributed by atoms with Crippen molar-refractivity contribution in [2.24, 2.45) is 0 Å². The number of hydrogen-bond acceptors (Lipinski definition) is 8. The number of hydrogen-bond donors (Lipinski definition) is 1. The number of thioether (sulfide) groups is 1. The first-order valence-corrected chi connectivity index (χ1v) is 13.1. The Morgan fingerprint density at radius 2 is 1.83 bits per heavy atom. The summed E-state index contributed by atoms with van der Waals surface area (Å²) in [6.45, 7) is 3.84. The van der Waals surface area contributed by atoms with Crippen molar-refractivity contribution in [3.8, 4) is 0 Å². The van der Waals surface area contributed by atoms with Gasteiger partial charge < -0.3 is 10.1 Å². The number of carbonyl (C=O) groups excluding carboxylic acids is 2. The van der Waals surface area contributed by atoms with Crippen LogP contribution < -0.4 is 5.32 Å². The predicted octanol–water partition coefficient (Wildman–Crippen LogP) is 5.51. The molecule has 182 valence electrons. The summed E-state index contributed by atoms with van der Waals surface area (Å²) in [6.07, 6.45) is 0.576. The summed E-state index contributed by atoms with van der Waals surface area (Å²) in [4.78, 5) is 30.5. The molecule has 0 spiro atoms. The van der Waals surface area contributed by atoms with Crippen LogP contribution in [0.25, 0.3) is 16.6 Å². The molecule has 0 fully saturated rings. The van der Waals surface area contributed by atoms with Crippen LogP contribution in [0.3, 0.4) is 0 Å². The van der Waals surface area contributed by atoms with Crippen molar-refractivity contribution in [2.75, 3.05) is 5.32 Å². The second kappa shape index (κ2) is 10.5. The molecule has 0 saturated heterocycles. The minimum atomic E-state index is -0.461. The summed E-state index contributed by atoms with van der Waals surface area (Å²) in [5, 5.41) is 13.1. The first-order chi connectivity index (χ1) is 17.5. The molecule has 0 aliphatic carbocycles. The van der Waals surface area contributed by atoms with Gasteiger partial charge in [0, 0.05) is 0 Å². The third-order valence-electron chi connectivity index (χ3n) is 5.58. The highest BCUT2D eigenvalue weighted by Gasteiger charge is 2.24. The van der Waals surface area contributed by atoms with Crippen LogP contribution in [0, 0.1) is 6.92 Å². The molecule has 2 aromatic carbocycles. The molecule has 0 aliphatic heterocycles. The van der Waals surface area contributed by atoms with E-state index < -0.39 is 11.2 Å². The van der Waals surface area contributed by atoms with Crippen LogP contribution in [0.2, 0.25) is 0 Å². The molecule has 3 heterocycles. The van der Waals surface area contributed by atoms with Gasteiger partial charge in [0.25, 0.3) is 0 Å². The van der Waals surface area contributed by atoms with E-state index >= 15 is 0 Å². The molecule has 0 saturated carbocycles. The van der Waals surface area contributed by atoms with Crippen molar-refractivity contribution < 1.29 is 14.3 Å². The Kier molecular flexibility index (Phi) is 6.97. The maximum absolute atomic E-state index is 13.1. The van der Waals surface area contributed by atoms with E-state index in [1.807, 2.05) is 78.1 Å². The average molecular weight is 518 g/mol. The number of carbonyl (C=O) groups is 2. The number of fused-ring (bicyclic) bond motifs is 3. The van der Waals surface area contributed by atoms with Gasteiger partial charge in [0.15, 0.2) is 15.9 Å². The van der Waals surface area contributed by atoms with Crippen LogP contribution in [0.5, 0.6) is 0 Å². The number of ether oxygens (including phenoxy) is 1. The number of anilines is 1. The van der Waals surface area contributed by atoms with Crippen LogP contribution in [0.15, 0.2) is 71.9 Å². The van der Waals surface area contributed by atoms with E-state index in [2.05, 4.69) is 20.5 Å². The molecule has 36 heavy (non-hydrogen) atoms. The van der Waals surface area contributed by atoms with Gasteiger partial charge in [-0.1, -0.05) is 78.6 Å². The molecule has 0 bridgehead atoms. The number of rotatable bonds is 8. The highest BCUT2D eigenvalue weighted by molar-refractivity contribution is 8.00. The van der Waals surface area contributed by atoms with E-state index in [-0.39, 0.29) is 12.5 Å². The molecular formula is C26H23N5O3S2. The lowest BCUT2D eigenvalue weighted by atomic mass is 10.2. The summed E-state index contributed by atoms with van der Waals surface area (Å²) < 4.78 is 7.39. The number of nitrogens with one attached hydrogen (secondary N) is 1. The van der Waals surface area contributed by atoms with Crippen molar-refractivity contribution in [3.63, 3.8) is 0 Å². The van der Waals surface area contributed by atoms with Crippen LogP contribution in [-0.4, -0.2) is 36.7 Å². The van der Waals surface area contributed by atoms with E-state index in [0.717, 1.165) is 33.5 Å². The fraction of sp³-hybridized carbons (Fsp3) is 0.192. The number of pyridine rings is 1. The molecular weight excluding hydrogens is 494 g/mol. The van der Waals surface area contributed by atoms with Gasteiger partial charge in [-0.15, -0.1) is 10.2 Å². The number of aryl methyl sites for hydroxylation is 1. The fourth-order valence-corrected chi connectivity index (χ4v) is 5.59. The molecule has 5 rings (SSSR count). The molecule has 10 heteroatoms. The number of amides is 1. The van der Waals surface area contributed by atoms with Crippen LogP contribution >= 0.6 is 23.1 Å². The molecule has 8 nitrogen and oxygen atoms in total. The van der Waals surface area contributed by atoms with Crippen molar-refractivity contribution in [2.45, 2.75) is 37.3 Å². The Hall–Kier alpha value is -3.76. The number of benzene rings is 2. The molecule has 1 amide bonds. The van der Waals surface area contributed by atoms with E-state index in [1.165, 1.54) is 11.8 Å². The third-order valence-corrected chi connectivity index (χ3v) is 7.94. The quantitative estimate of drug-likeness (QED) is 0.214. The van der Waals surface area contributed by atoms with Gasteiger partial charge in [-0.25, -0.2) is 9.78 Å². The van der Waals surface area contributed by atoms with Gasteiger partial charge in [-0.05, 0) is 42.5 Å². The van der Waals surface area contributed by atoms with Crippen LogP contribution in [0.4, 0.5) is 5.13 Å². The molecule has 5 aromatic rings. The predicted molar refractivity (Wildman–Crippen MR) is 141 cm³/mol. The van der Waals surface area contributed by atoms with Gasteiger partial charge in [-0.3, -0.25) is 9.20 Å². The fourth-order valence-electron chi connectivity index (χ4n) is 3.75. The Labute approximate surface area is 215 Å². The minimum Gasteiger partial charge on any atom is -0.457 e. The van der Waals surface area contributed by atoms with Gasteiger partial charge >= 0.3 is 5.97 Å². The third kappa shape index (κ3) is 4.95. The number of nitrogens with zero attached hydrogens (tertiary/aromatic N) is 4. The number of esters is 1. The zero-order valence-corrected chi connectivity index (χ0v) is 21.3. The summed E-state index contributed by atoms with van der Waals surface area (Å²) in [5.41, 5.74) is 3.12. The van der Waals surface area contributed by atoms with Crippen LogP contribution in [-0.2, 0) is 16.1 Å². The topological polar surface area (TPSA) is 98.5 Å². The van der Waals surface area contributed by atoms with Crippen molar-refractivity contribution in [3.05, 3.63) is 82.9 Å². The Bertz CT molecular complexity index is 1550. The summed E-state index contributed by atoms with van der Waals surface area (Å²) in [5.74, 6) is -0.671. The average Bonchev–Trinajstić information content (AvgIpc) is 3.49. The normalized spacial score (nSPS) is 12.1. The molecule has 3 aromatic heterocycles. The number of para-hydroxylation sites is 1. The first kappa shape index (κ1) is 24.0. The van der Waals surface area contributed by atoms with E-state index in [1.54, 1.807) is 6.92 Å². The highest BCUT2D eigenvalue weighted by atomic mass is 32.2. The lowest BCUT2D eigenvalue weighted by Gasteiger charge is -2.13. The van der Waals surface area contributed by atoms with E-state index in [4.69, 9.17) is 4.74 Å². The van der Waals surface area contributed by atoms with Gasteiger partial charge in [0.05, 0.1) is 16.5 Å². The van der Waals surface area contributed by atoms with Gasteiger partial charge in [0.1, 0.15) is 11.5 Å². The number of thiazole rings is 1. The monoisotopic (exact) mass is 517 g/mol. The highest BCUT2D eigenvalue weighted by Crippen LogP contribution is 2.30. The molecule has 0 radical (unpaired) electrons. The first-order valence-electron chi connectivity index (χ1n) is 11.4. The Morgan fingerprint density at radius 3 is 2.64 bits per heavy atom. The zero-order chi connectivity index (χ0) is 25.1. The maximum Gasteiger partial charge on any atom is 0.350 e. The van der Waals surface area contributed by atoms with Gasteiger partial charge in [-0.2, -0.15) is 0 Å². The number of aromatic nitrogens is 4. The van der Waals surface area contributed by atoms with Crippen molar-refractivity contribution >= 4 is 56.7 Å². The zero-order valence-electron chi connectivity index (χ0n) is 19.7. The van der Waals surface area contributed by atoms with Gasteiger partial charge in [0.2, 0.25) is 5.91 Å². The second-order valence-corrected chi connectivity index (χ2v) is 10.2. The Morgan fingerprint density at radius 1 is 1.06 bits per heavy atom. The lowest BCUT2D eigenvalue weighted by molar-refractivity contribution is -0.115. The lowest BCUT2D eigenvalue weighted by Crippen LogP contribution is -2.24. The molecule has 1 N–H and O–H groups in total. The summed E-state index contributed by atoms with van der Waals surface area (Å²) >= 11 is 2.46. The maximum atomic E-state index is 13.1. The summed E-state index contributed by atoms with van der Waals surface area (Å²) in [7, 11) is 0. The second-order valence-electron chi connectivity index (χ2n) is 8.07. The SMILES string of the molecule is CCC(Sc1nnc2ccc3ccccc3n12)C(=O)Nc1nc(C)c(C(=O)OCc2ccccc2)s1. The molecule has 1 unspecified atom stereocenters. The minimum absolute atomic E-state index is 0.175. The standard InChI is InChI=1S/C26H23N5O3S2/c1-3-20(35-26-30-29-21-14-13-18-11-7-8-12-19(18)31(21)26)23(32)28-25-27-16(2)22(36-25)24(33)34-15-17-9-5-4-6-10-17/h4-14,20H,3,15H2,1-2H3,(H,27,28,32). The molecule has 1 atom stereocenters. The molecule has 0 aliphatic rings. The largest absolute Gasteiger partial charge is 0.457 e. The van der Waals surface area contributed by atoms with Crippen molar-refractivity contribution in [1.29, 1.82) is 0 Å². The summed E-state index contributed by atoms with van der Waals surface area (Å²) in [6, 6.07) is 21.4. The van der Waals surface area contributed by atoms with Crippen molar-refractivity contribution in [1.82, 2.24) is 19.6 Å². The van der Waals surface area contributed by atoms with Crippen LogP contribution in [0.1, 0.15) is 34.3 Å². The Balaban J connectivity index is 1.29.